The molecule has 1 fully saturated rings. The minimum atomic E-state index is -0.227. The van der Waals surface area contributed by atoms with Crippen LogP contribution in [0.4, 0.5) is 5.69 Å². The van der Waals surface area contributed by atoms with Gasteiger partial charge in [0, 0.05) is 17.3 Å². The molecule has 0 saturated heterocycles. The number of hydrogen-bond acceptors (Lipinski definition) is 4. The Labute approximate surface area is 152 Å². The fourth-order valence-electron chi connectivity index (χ4n) is 4.06. The number of carbonyl (C=O) groups is 2. The average Bonchev–Trinajstić information content (AvgIpc) is 3.35. The van der Waals surface area contributed by atoms with Gasteiger partial charge in [-0.1, -0.05) is 24.6 Å². The van der Waals surface area contributed by atoms with Crippen molar-refractivity contribution in [3.8, 4) is 0 Å². The normalized spacial score (nSPS) is 21.9. The number of rotatable bonds is 5. The van der Waals surface area contributed by atoms with Gasteiger partial charge in [0.1, 0.15) is 0 Å². The number of carbonyl (C=O) groups excluding carboxylic acids is 2. The maximum atomic E-state index is 12.7. The van der Waals surface area contributed by atoms with Crippen LogP contribution in [0.25, 0.3) is 0 Å². The van der Waals surface area contributed by atoms with Gasteiger partial charge in [0.15, 0.2) is 5.76 Å². The van der Waals surface area contributed by atoms with Crippen molar-refractivity contribution in [1.82, 2.24) is 5.32 Å². The van der Waals surface area contributed by atoms with Gasteiger partial charge >= 0.3 is 0 Å². The highest BCUT2D eigenvalue weighted by molar-refractivity contribution is 6.01. The maximum absolute atomic E-state index is 12.7. The smallest absolute Gasteiger partial charge is 0.287 e. The van der Waals surface area contributed by atoms with Crippen molar-refractivity contribution in [2.24, 2.45) is 11.7 Å². The number of nitrogens with zero attached hydrogens (tertiary/aromatic N) is 1. The Morgan fingerprint density at radius 3 is 2.96 bits per heavy atom. The number of hydrogen-bond donors (Lipinski definition) is 2. The summed E-state index contributed by atoms with van der Waals surface area (Å²) in [4.78, 5) is 26.8. The number of nitrogens with one attached hydrogen (secondary N) is 1. The average molecular weight is 353 g/mol. The van der Waals surface area contributed by atoms with E-state index in [2.05, 4.69) is 5.32 Å². The Kier molecular flexibility index (Phi) is 4.51. The summed E-state index contributed by atoms with van der Waals surface area (Å²) in [6.45, 7) is 0.912. The molecule has 136 valence electrons. The number of amides is 2. The van der Waals surface area contributed by atoms with E-state index < -0.39 is 0 Å². The molecular weight excluding hydrogens is 330 g/mol. The van der Waals surface area contributed by atoms with Crippen LogP contribution < -0.4 is 16.0 Å². The van der Waals surface area contributed by atoms with Crippen LogP contribution in [0.15, 0.2) is 41.0 Å². The van der Waals surface area contributed by atoms with Crippen molar-refractivity contribution in [2.75, 3.05) is 11.4 Å². The van der Waals surface area contributed by atoms with Crippen molar-refractivity contribution in [3.05, 3.63) is 53.5 Å². The summed E-state index contributed by atoms with van der Waals surface area (Å²) in [5.74, 6) is 0.419. The van der Waals surface area contributed by atoms with Gasteiger partial charge in [0.25, 0.3) is 5.91 Å². The van der Waals surface area contributed by atoms with Crippen LogP contribution in [0, 0.1) is 5.92 Å². The second kappa shape index (κ2) is 6.96. The van der Waals surface area contributed by atoms with Crippen LogP contribution in [0.1, 0.15) is 40.9 Å². The SMILES string of the molecule is NCC1CCCC1NC(=O)c1occc1CN1C(=O)Cc2ccccc21. The van der Waals surface area contributed by atoms with E-state index in [0.717, 1.165) is 36.1 Å². The fraction of sp³-hybridized carbons (Fsp3) is 0.400. The number of para-hydroxylation sites is 1. The molecule has 2 aliphatic rings. The number of anilines is 1. The Balaban J connectivity index is 1.51. The van der Waals surface area contributed by atoms with E-state index >= 15 is 0 Å². The van der Waals surface area contributed by atoms with E-state index in [1.165, 1.54) is 6.26 Å². The first-order valence-corrected chi connectivity index (χ1v) is 9.13. The summed E-state index contributed by atoms with van der Waals surface area (Å²) in [5.41, 5.74) is 8.44. The first kappa shape index (κ1) is 16.8. The van der Waals surface area contributed by atoms with Crippen molar-refractivity contribution in [3.63, 3.8) is 0 Å². The van der Waals surface area contributed by atoms with Gasteiger partial charge in [-0.05, 0) is 43.0 Å². The first-order chi connectivity index (χ1) is 12.7. The molecule has 0 bridgehead atoms. The maximum Gasteiger partial charge on any atom is 0.287 e. The third-order valence-electron chi connectivity index (χ3n) is 5.48. The molecule has 3 N–H and O–H groups in total. The Bertz CT molecular complexity index is 829. The lowest BCUT2D eigenvalue weighted by Crippen LogP contribution is -2.40. The van der Waals surface area contributed by atoms with E-state index in [-0.39, 0.29) is 23.6 Å². The zero-order chi connectivity index (χ0) is 18.1. The summed E-state index contributed by atoms with van der Waals surface area (Å²) in [6, 6.07) is 9.60. The highest BCUT2D eigenvalue weighted by Gasteiger charge is 2.31. The monoisotopic (exact) mass is 353 g/mol. The minimum absolute atomic E-state index is 0.0396. The van der Waals surface area contributed by atoms with Gasteiger partial charge in [0.05, 0.1) is 19.2 Å². The van der Waals surface area contributed by atoms with Crippen molar-refractivity contribution in [2.45, 2.75) is 38.3 Å². The standard InChI is InChI=1S/C20H23N3O3/c21-11-14-5-3-6-16(14)22-20(25)19-15(8-9-26-19)12-23-17-7-2-1-4-13(17)10-18(23)24/h1-2,4,7-9,14,16H,3,5-6,10-12,21H2,(H,22,25). The quantitative estimate of drug-likeness (QED) is 0.863. The van der Waals surface area contributed by atoms with Crippen LogP contribution in [-0.2, 0) is 17.8 Å². The molecule has 1 aromatic heterocycles. The van der Waals surface area contributed by atoms with Gasteiger partial charge in [-0.25, -0.2) is 0 Å². The molecule has 4 rings (SSSR count). The molecule has 2 heterocycles. The summed E-state index contributed by atoms with van der Waals surface area (Å²) in [5, 5.41) is 3.06. The topological polar surface area (TPSA) is 88.6 Å². The van der Waals surface area contributed by atoms with Gasteiger partial charge in [-0.3, -0.25) is 9.59 Å². The molecule has 2 unspecified atom stereocenters. The number of benzene rings is 1. The number of nitrogens with two attached hydrogens (primary N) is 1. The zero-order valence-corrected chi connectivity index (χ0v) is 14.6. The van der Waals surface area contributed by atoms with E-state index in [1.54, 1.807) is 11.0 Å². The molecule has 2 aromatic rings. The lowest BCUT2D eigenvalue weighted by atomic mass is 10.0. The summed E-state index contributed by atoms with van der Waals surface area (Å²) in [7, 11) is 0. The lowest BCUT2D eigenvalue weighted by molar-refractivity contribution is -0.117. The predicted molar refractivity (Wildman–Crippen MR) is 97.7 cm³/mol. The highest BCUT2D eigenvalue weighted by atomic mass is 16.3. The van der Waals surface area contributed by atoms with E-state index in [9.17, 15) is 9.59 Å². The Hall–Kier alpha value is -2.60. The molecule has 1 aliphatic heterocycles. The predicted octanol–water partition coefficient (Wildman–Crippen LogP) is 2.23. The van der Waals surface area contributed by atoms with Gasteiger partial charge < -0.3 is 20.4 Å². The molecule has 0 spiro atoms. The van der Waals surface area contributed by atoms with E-state index in [4.69, 9.17) is 10.2 Å². The minimum Gasteiger partial charge on any atom is -0.459 e. The van der Waals surface area contributed by atoms with Crippen LogP contribution in [0.3, 0.4) is 0 Å². The van der Waals surface area contributed by atoms with Crippen LogP contribution in [0.2, 0.25) is 0 Å². The third-order valence-corrected chi connectivity index (χ3v) is 5.48. The summed E-state index contributed by atoms with van der Waals surface area (Å²) >= 11 is 0. The second-order valence-corrected chi connectivity index (χ2v) is 7.07. The number of furan rings is 1. The van der Waals surface area contributed by atoms with Crippen molar-refractivity contribution < 1.29 is 14.0 Å². The van der Waals surface area contributed by atoms with Crippen molar-refractivity contribution in [1.29, 1.82) is 0 Å². The second-order valence-electron chi connectivity index (χ2n) is 7.07. The summed E-state index contributed by atoms with van der Waals surface area (Å²) < 4.78 is 5.46. The molecule has 2 amide bonds. The highest BCUT2D eigenvalue weighted by Crippen LogP contribution is 2.31. The van der Waals surface area contributed by atoms with Gasteiger partial charge in [-0.15, -0.1) is 0 Å². The largest absolute Gasteiger partial charge is 0.459 e. The molecule has 6 nitrogen and oxygen atoms in total. The molecule has 1 aliphatic carbocycles. The fourth-order valence-corrected chi connectivity index (χ4v) is 4.06. The molecule has 2 atom stereocenters. The van der Waals surface area contributed by atoms with Gasteiger partial charge in [0.2, 0.25) is 5.91 Å². The Morgan fingerprint density at radius 2 is 2.12 bits per heavy atom. The zero-order valence-electron chi connectivity index (χ0n) is 14.6. The summed E-state index contributed by atoms with van der Waals surface area (Å²) in [6.07, 6.45) is 4.98. The van der Waals surface area contributed by atoms with E-state index in [0.29, 0.717) is 25.4 Å². The van der Waals surface area contributed by atoms with Gasteiger partial charge in [-0.2, -0.15) is 0 Å². The first-order valence-electron chi connectivity index (χ1n) is 9.13. The van der Waals surface area contributed by atoms with Crippen molar-refractivity contribution >= 4 is 17.5 Å². The van der Waals surface area contributed by atoms with E-state index in [1.807, 2.05) is 24.3 Å². The molecule has 26 heavy (non-hydrogen) atoms. The lowest BCUT2D eigenvalue weighted by Gasteiger charge is -2.20. The third kappa shape index (κ3) is 3.01. The Morgan fingerprint density at radius 1 is 1.27 bits per heavy atom. The molecule has 0 radical (unpaired) electrons. The van der Waals surface area contributed by atoms with Crippen LogP contribution in [0.5, 0.6) is 0 Å². The molecular formula is C20H23N3O3. The molecule has 6 heteroatoms. The number of fused-ring (bicyclic) bond motifs is 1. The van der Waals surface area contributed by atoms with Crippen LogP contribution in [-0.4, -0.2) is 24.4 Å². The molecule has 1 saturated carbocycles. The van der Waals surface area contributed by atoms with Crippen LogP contribution >= 0.6 is 0 Å². The molecule has 1 aromatic carbocycles.